The molecule has 0 aliphatic carbocycles. The van der Waals surface area contributed by atoms with Crippen LogP contribution in [0.4, 0.5) is 30.4 Å². The molecule has 0 radical (unpaired) electrons. The molecule has 2 aromatic carbocycles. The predicted octanol–water partition coefficient (Wildman–Crippen LogP) is 7.28. The third-order valence-electron chi connectivity index (χ3n) is 10.5. The Hall–Kier alpha value is -4.87. The van der Waals surface area contributed by atoms with Crippen LogP contribution in [0.1, 0.15) is 38.7 Å². The first-order valence-electron chi connectivity index (χ1n) is 16.4. The number of likely N-dealkylation sites (N-methyl/N-ethyl adjacent to an activating group) is 1. The van der Waals surface area contributed by atoms with Crippen LogP contribution in [-0.2, 0) is 4.79 Å². The topological polar surface area (TPSA) is 120 Å². The number of nitriles is 1. The second-order valence-corrected chi connectivity index (χ2v) is 13.9. The van der Waals surface area contributed by atoms with Crippen molar-refractivity contribution >= 4 is 62.7 Å². The fourth-order valence-electron chi connectivity index (χ4n) is 7.48. The molecule has 1 N–H and O–H groups in total. The van der Waals surface area contributed by atoms with Crippen LogP contribution in [0.2, 0.25) is 5.02 Å². The number of nitrogens with zero attached hydrogens (tertiary/aromatic N) is 9. The standard InChI is InChI=1S/C35H35ClF3N10O/c1-6-46(5)35(4)16-47(17-35)33-31-32(49(45-44-31)15-20-8-10-48(34(50)19(3)37)21(11-20)7-9-40)22-12-24(36)28(29(39)30(22)42-33)27-18(2)25(38)13-26-23(27)14-41-43-26/h12-15,20-21H,3,6-8,10-11,16-17H2,1-2,4-5H3,(H,41,43)/q+1/b49-15-/t20?,21-/m1/s1. The molecular weight excluding hydrogens is 669 g/mol. The van der Waals surface area contributed by atoms with Crippen molar-refractivity contribution in [1.82, 2.24) is 25.0 Å². The van der Waals surface area contributed by atoms with Crippen molar-refractivity contribution in [1.29, 1.82) is 5.26 Å². The van der Waals surface area contributed by atoms with Crippen molar-refractivity contribution in [3.8, 4) is 17.2 Å². The second-order valence-electron chi connectivity index (χ2n) is 13.5. The minimum Gasteiger partial charge on any atom is -0.349 e. The van der Waals surface area contributed by atoms with E-state index in [9.17, 15) is 14.4 Å². The average molecular weight is 704 g/mol. The summed E-state index contributed by atoms with van der Waals surface area (Å²) in [4.78, 5) is 23.0. The maximum atomic E-state index is 17.1. The predicted molar refractivity (Wildman–Crippen MR) is 185 cm³/mol. The average Bonchev–Trinajstić information content (AvgIpc) is 3.71. The number of aromatic nitrogens is 3. The molecule has 11 nitrogen and oxygen atoms in total. The van der Waals surface area contributed by atoms with Crippen molar-refractivity contribution in [2.24, 2.45) is 16.3 Å². The van der Waals surface area contributed by atoms with Gasteiger partial charge in [0.05, 0.1) is 45.3 Å². The molecule has 2 atom stereocenters. The number of hydrogen-bond donors (Lipinski definition) is 1. The van der Waals surface area contributed by atoms with Crippen LogP contribution >= 0.6 is 11.6 Å². The first-order valence-corrected chi connectivity index (χ1v) is 16.8. The number of carbonyl (C=O) groups is 1. The Morgan fingerprint density at radius 2 is 2.06 bits per heavy atom. The van der Waals surface area contributed by atoms with Crippen molar-refractivity contribution < 1.29 is 22.7 Å². The molecular formula is C35H35ClF3N10O+. The number of rotatable bonds is 7. The van der Waals surface area contributed by atoms with Crippen LogP contribution in [-0.4, -0.2) is 86.6 Å². The Balaban J connectivity index is 1.38. The van der Waals surface area contributed by atoms with Gasteiger partial charge in [-0.3, -0.25) is 14.8 Å². The van der Waals surface area contributed by atoms with E-state index in [0.29, 0.717) is 59.4 Å². The zero-order valence-corrected chi connectivity index (χ0v) is 28.8. The number of benzene rings is 2. The van der Waals surface area contributed by atoms with Gasteiger partial charge in [0.1, 0.15) is 22.8 Å². The molecule has 50 heavy (non-hydrogen) atoms. The first kappa shape index (κ1) is 33.6. The van der Waals surface area contributed by atoms with Gasteiger partial charge in [-0.15, -0.1) is 4.68 Å². The van der Waals surface area contributed by atoms with Gasteiger partial charge in [0, 0.05) is 48.1 Å². The van der Waals surface area contributed by atoms with E-state index >= 15 is 8.78 Å². The molecule has 4 aromatic rings. The summed E-state index contributed by atoms with van der Waals surface area (Å²) < 4.78 is 47.6. The van der Waals surface area contributed by atoms with Gasteiger partial charge in [-0.1, -0.05) is 25.1 Å². The maximum Gasteiger partial charge on any atom is 0.295 e. The van der Waals surface area contributed by atoms with Crippen LogP contribution in [0.25, 0.3) is 32.9 Å². The quantitative estimate of drug-likeness (QED) is 0.160. The van der Waals surface area contributed by atoms with Gasteiger partial charge in [-0.2, -0.15) is 10.4 Å². The van der Waals surface area contributed by atoms with Crippen molar-refractivity contribution in [3.63, 3.8) is 0 Å². The molecule has 0 spiro atoms. The number of aromatic amines is 1. The molecule has 3 aliphatic heterocycles. The minimum absolute atomic E-state index is 0.00775. The molecule has 3 aliphatic rings. The molecule has 258 valence electrons. The monoisotopic (exact) mass is 703 g/mol. The Morgan fingerprint density at radius 3 is 2.76 bits per heavy atom. The normalized spacial score (nSPS) is 20.5. The number of fused-ring (bicyclic) bond motifs is 4. The lowest BCUT2D eigenvalue weighted by Gasteiger charge is -2.53. The molecule has 7 rings (SSSR count). The highest BCUT2D eigenvalue weighted by atomic mass is 35.5. The molecule has 1 unspecified atom stereocenters. The van der Waals surface area contributed by atoms with Gasteiger partial charge in [-0.25, -0.2) is 18.2 Å². The van der Waals surface area contributed by atoms with Gasteiger partial charge >= 0.3 is 0 Å². The summed E-state index contributed by atoms with van der Waals surface area (Å²) in [6, 6.07) is 4.49. The van der Waals surface area contributed by atoms with Gasteiger partial charge in [0.25, 0.3) is 11.6 Å². The number of likely N-dealkylation sites (tertiary alicyclic amines) is 1. The summed E-state index contributed by atoms with van der Waals surface area (Å²) in [6.07, 6.45) is 4.21. The molecule has 2 saturated heterocycles. The van der Waals surface area contributed by atoms with Crippen molar-refractivity contribution in [2.45, 2.75) is 51.6 Å². The van der Waals surface area contributed by atoms with E-state index < -0.39 is 29.4 Å². The summed E-state index contributed by atoms with van der Waals surface area (Å²) >= 11 is 6.90. The molecule has 2 fully saturated rings. The number of pyridine rings is 1. The third-order valence-corrected chi connectivity index (χ3v) is 10.7. The molecule has 1 amide bonds. The number of hydrogen-bond acceptors (Lipinski definition) is 8. The number of carbonyl (C=O) groups excluding carboxylic acids is 1. The van der Waals surface area contributed by atoms with Crippen LogP contribution in [0.5, 0.6) is 0 Å². The van der Waals surface area contributed by atoms with Crippen molar-refractivity contribution in [2.75, 3.05) is 38.1 Å². The molecule has 15 heteroatoms. The van der Waals surface area contributed by atoms with Crippen LogP contribution in [0.3, 0.4) is 0 Å². The smallest absolute Gasteiger partial charge is 0.295 e. The summed E-state index contributed by atoms with van der Waals surface area (Å²) in [5.74, 6) is -2.88. The SMILES string of the molecule is C=C(F)C(=O)N1CCC(/C=[N+]2\N=Nc3c(N4CC(C)(N(C)CC)C4)nc4c(F)c(-c5c(C)c(F)cc6[nH]ncc56)c(Cl)cc4c32)C[C@H]1CC#N. The van der Waals surface area contributed by atoms with Crippen molar-refractivity contribution in [3.05, 3.63) is 53.0 Å². The number of nitrogens with one attached hydrogen (secondary N) is 1. The number of amides is 1. The van der Waals surface area contributed by atoms with Gasteiger partial charge < -0.3 is 9.80 Å². The maximum absolute atomic E-state index is 17.1. The Morgan fingerprint density at radius 1 is 1.30 bits per heavy atom. The lowest BCUT2D eigenvalue weighted by atomic mass is 9.89. The summed E-state index contributed by atoms with van der Waals surface area (Å²) in [5, 5.41) is 26.2. The summed E-state index contributed by atoms with van der Waals surface area (Å²) in [6.45, 7) is 11.2. The van der Waals surface area contributed by atoms with E-state index in [2.05, 4.69) is 59.0 Å². The number of H-pyrrole nitrogens is 1. The fourth-order valence-corrected chi connectivity index (χ4v) is 7.77. The second kappa shape index (κ2) is 12.5. The van der Waals surface area contributed by atoms with E-state index in [-0.39, 0.29) is 51.7 Å². The van der Waals surface area contributed by atoms with E-state index in [1.165, 1.54) is 17.2 Å². The van der Waals surface area contributed by atoms with E-state index in [1.807, 2.05) is 11.1 Å². The summed E-state index contributed by atoms with van der Waals surface area (Å²) in [5.41, 5.74) is 1.72. The van der Waals surface area contributed by atoms with Crippen LogP contribution in [0, 0.1) is 35.8 Å². The number of anilines is 1. The zero-order valence-electron chi connectivity index (χ0n) is 28.1. The summed E-state index contributed by atoms with van der Waals surface area (Å²) in [7, 11) is 2.06. The molecule has 2 aromatic heterocycles. The van der Waals surface area contributed by atoms with E-state index in [1.54, 1.807) is 17.7 Å². The zero-order chi connectivity index (χ0) is 35.6. The lowest BCUT2D eigenvalue weighted by Crippen LogP contribution is -2.68. The number of piperidine rings is 1. The molecule has 5 heterocycles. The Kier molecular flexibility index (Phi) is 8.39. The van der Waals surface area contributed by atoms with Crippen LogP contribution in [0.15, 0.2) is 41.1 Å². The van der Waals surface area contributed by atoms with Gasteiger partial charge in [-0.05, 0) is 58.0 Å². The highest BCUT2D eigenvalue weighted by molar-refractivity contribution is 6.35. The highest BCUT2D eigenvalue weighted by Gasteiger charge is 2.46. The molecule has 0 saturated carbocycles. The largest absolute Gasteiger partial charge is 0.349 e. The number of halogens is 4. The Labute approximate surface area is 291 Å². The van der Waals surface area contributed by atoms with E-state index in [0.717, 1.165) is 6.54 Å². The molecule has 0 bridgehead atoms. The van der Waals surface area contributed by atoms with Crippen LogP contribution < -0.4 is 4.90 Å². The Bertz CT molecular complexity index is 2200. The highest BCUT2D eigenvalue weighted by Crippen LogP contribution is 2.51. The lowest BCUT2D eigenvalue weighted by molar-refractivity contribution is -0.442. The van der Waals surface area contributed by atoms with Gasteiger partial charge in [0.15, 0.2) is 17.5 Å². The fraction of sp³-hybridized carbons (Fsp3) is 0.400. The first-order chi connectivity index (χ1) is 23.9. The third kappa shape index (κ3) is 5.30. The van der Waals surface area contributed by atoms with E-state index in [4.69, 9.17) is 16.6 Å². The van der Waals surface area contributed by atoms with Gasteiger partial charge in [0.2, 0.25) is 5.69 Å². The minimum atomic E-state index is -1.07.